The van der Waals surface area contributed by atoms with Crippen LogP contribution in [0.5, 0.6) is 5.75 Å². The molecule has 9 nitrogen and oxygen atoms in total. The summed E-state index contributed by atoms with van der Waals surface area (Å²) in [6.07, 6.45) is 1.42. The Morgan fingerprint density at radius 2 is 1.69 bits per heavy atom. The monoisotopic (exact) mass is 533 g/mol. The second kappa shape index (κ2) is 12.3. The van der Waals surface area contributed by atoms with E-state index in [-0.39, 0.29) is 17.0 Å². The first-order valence-corrected chi connectivity index (χ1v) is 14.0. The van der Waals surface area contributed by atoms with Crippen molar-refractivity contribution in [2.45, 2.75) is 45.1 Å². The van der Waals surface area contributed by atoms with Gasteiger partial charge in [0.25, 0.3) is 5.91 Å². The van der Waals surface area contributed by atoms with Crippen LogP contribution in [-0.2, 0) is 26.1 Å². The molecule has 1 amide bonds. The van der Waals surface area contributed by atoms with Gasteiger partial charge in [-0.1, -0.05) is 31.3 Å². The molecule has 0 unspecified atom stereocenters. The number of hydrogen-bond acceptors (Lipinski definition) is 7. The van der Waals surface area contributed by atoms with Gasteiger partial charge < -0.3 is 14.0 Å². The molecule has 0 saturated heterocycles. The lowest BCUT2D eigenvalue weighted by Gasteiger charge is -2.21. The van der Waals surface area contributed by atoms with Gasteiger partial charge in [0.15, 0.2) is 4.80 Å². The fraction of sp³-hybridized carbons (Fsp3) is 0.400. The lowest BCUT2D eigenvalue weighted by molar-refractivity contribution is -0.141. The number of methoxy groups -OCH3 is 1. The van der Waals surface area contributed by atoms with Crippen LogP contribution >= 0.6 is 11.3 Å². The first kappa shape index (κ1) is 27.6. The molecule has 0 atom stereocenters. The first-order chi connectivity index (χ1) is 17.3. The van der Waals surface area contributed by atoms with E-state index in [1.165, 1.54) is 47.0 Å². The zero-order valence-corrected chi connectivity index (χ0v) is 22.5. The average molecular weight is 534 g/mol. The zero-order valence-electron chi connectivity index (χ0n) is 20.9. The summed E-state index contributed by atoms with van der Waals surface area (Å²) >= 11 is 1.25. The highest BCUT2D eigenvalue weighted by molar-refractivity contribution is 7.89. The van der Waals surface area contributed by atoms with Crippen molar-refractivity contribution in [3.63, 3.8) is 0 Å². The highest BCUT2D eigenvalue weighted by Crippen LogP contribution is 2.28. The van der Waals surface area contributed by atoms with Crippen LogP contribution in [0, 0.1) is 0 Å². The summed E-state index contributed by atoms with van der Waals surface area (Å²) < 4.78 is 40.4. The molecule has 3 rings (SSSR count). The average Bonchev–Trinajstić information content (AvgIpc) is 3.21. The number of thiazole rings is 1. The van der Waals surface area contributed by atoms with E-state index >= 15 is 0 Å². The molecule has 36 heavy (non-hydrogen) atoms. The molecular weight excluding hydrogens is 502 g/mol. The molecule has 0 saturated carbocycles. The maximum atomic E-state index is 13.0. The predicted molar refractivity (Wildman–Crippen MR) is 139 cm³/mol. The molecule has 1 aromatic heterocycles. The minimum atomic E-state index is -3.65. The largest absolute Gasteiger partial charge is 0.492 e. The number of carbonyl (C=O) groups is 2. The Morgan fingerprint density at radius 1 is 1.03 bits per heavy atom. The predicted octanol–water partition coefficient (Wildman–Crippen LogP) is 3.83. The molecular formula is C25H31N3O6S2. The van der Waals surface area contributed by atoms with Crippen LogP contribution in [0.25, 0.3) is 10.2 Å². The van der Waals surface area contributed by atoms with Crippen LogP contribution in [0.15, 0.2) is 52.4 Å². The number of nitrogens with zero attached hydrogens (tertiary/aromatic N) is 3. The number of aromatic nitrogens is 1. The van der Waals surface area contributed by atoms with Crippen LogP contribution in [-0.4, -0.2) is 56.0 Å². The fourth-order valence-electron chi connectivity index (χ4n) is 3.72. The summed E-state index contributed by atoms with van der Waals surface area (Å²) in [7, 11) is -2.36. The van der Waals surface area contributed by atoms with E-state index in [9.17, 15) is 18.0 Å². The minimum absolute atomic E-state index is 0.130. The van der Waals surface area contributed by atoms with Crippen molar-refractivity contribution in [2.75, 3.05) is 26.8 Å². The summed E-state index contributed by atoms with van der Waals surface area (Å²) in [6.45, 7) is 6.87. The van der Waals surface area contributed by atoms with Crippen molar-refractivity contribution >= 4 is 43.5 Å². The molecule has 0 aliphatic carbocycles. The molecule has 0 bridgehead atoms. The Morgan fingerprint density at radius 3 is 2.28 bits per heavy atom. The third-order valence-electron chi connectivity index (χ3n) is 5.36. The number of rotatable bonds is 11. The molecule has 0 N–H and O–H groups in total. The Balaban J connectivity index is 2.01. The molecule has 1 heterocycles. The van der Waals surface area contributed by atoms with Gasteiger partial charge in [-0.3, -0.25) is 9.59 Å². The summed E-state index contributed by atoms with van der Waals surface area (Å²) in [4.78, 5) is 29.8. The van der Waals surface area contributed by atoms with Crippen molar-refractivity contribution < 1.29 is 27.5 Å². The molecule has 0 fully saturated rings. The first-order valence-electron chi connectivity index (χ1n) is 11.8. The lowest BCUT2D eigenvalue weighted by atomic mass is 10.2. The fourth-order valence-corrected chi connectivity index (χ4v) is 6.39. The summed E-state index contributed by atoms with van der Waals surface area (Å²) in [5, 5.41) is 0. The van der Waals surface area contributed by atoms with E-state index in [1.807, 2.05) is 32.9 Å². The topological polar surface area (TPSA) is 107 Å². The van der Waals surface area contributed by atoms with Crippen LogP contribution < -0.4 is 9.54 Å². The SMILES string of the molecule is CCCN(CCC)S(=O)(=O)c1ccc(C(=O)N=c2sc3cccc(OCC)c3n2CC(=O)OC)cc1. The van der Waals surface area contributed by atoms with Crippen molar-refractivity contribution in [3.05, 3.63) is 52.8 Å². The summed E-state index contributed by atoms with van der Waals surface area (Å²) in [6, 6.07) is 11.2. The van der Waals surface area contributed by atoms with Gasteiger partial charge in [0.2, 0.25) is 10.0 Å². The van der Waals surface area contributed by atoms with E-state index < -0.39 is 21.9 Å². The molecule has 0 aliphatic heterocycles. The van der Waals surface area contributed by atoms with Crippen LogP contribution in [0.1, 0.15) is 44.0 Å². The van der Waals surface area contributed by atoms with Crippen LogP contribution in [0.4, 0.5) is 0 Å². The Kier molecular flexibility index (Phi) is 9.41. The van der Waals surface area contributed by atoms with Gasteiger partial charge >= 0.3 is 5.97 Å². The molecule has 0 radical (unpaired) electrons. The Labute approximate surface area is 215 Å². The molecule has 0 spiro atoms. The van der Waals surface area contributed by atoms with Gasteiger partial charge in [-0.05, 0) is 56.2 Å². The van der Waals surface area contributed by atoms with Gasteiger partial charge in [0.1, 0.15) is 17.8 Å². The van der Waals surface area contributed by atoms with E-state index in [0.717, 1.165) is 4.70 Å². The number of hydrogen-bond donors (Lipinski definition) is 0. The second-order valence-electron chi connectivity index (χ2n) is 7.93. The Hall–Kier alpha value is -3.02. The van der Waals surface area contributed by atoms with Gasteiger partial charge in [0, 0.05) is 18.7 Å². The summed E-state index contributed by atoms with van der Waals surface area (Å²) in [5.74, 6) is -0.475. The highest BCUT2D eigenvalue weighted by Gasteiger charge is 2.23. The Bertz CT molecular complexity index is 1390. The van der Waals surface area contributed by atoms with Gasteiger partial charge in [-0.25, -0.2) is 8.42 Å². The van der Waals surface area contributed by atoms with Crippen LogP contribution in [0.2, 0.25) is 0 Å². The maximum absolute atomic E-state index is 13.0. The number of benzene rings is 2. The third kappa shape index (κ3) is 6.03. The number of fused-ring (bicyclic) bond motifs is 1. The lowest BCUT2D eigenvalue weighted by Crippen LogP contribution is -2.32. The molecule has 2 aromatic carbocycles. The maximum Gasteiger partial charge on any atom is 0.325 e. The summed E-state index contributed by atoms with van der Waals surface area (Å²) in [5.41, 5.74) is 0.883. The van der Waals surface area contributed by atoms with Crippen molar-refractivity contribution in [1.29, 1.82) is 0 Å². The molecule has 194 valence electrons. The van der Waals surface area contributed by atoms with E-state index in [1.54, 1.807) is 10.6 Å². The normalized spacial score (nSPS) is 12.3. The number of ether oxygens (including phenoxy) is 2. The number of para-hydroxylation sites is 1. The minimum Gasteiger partial charge on any atom is -0.492 e. The third-order valence-corrected chi connectivity index (χ3v) is 8.32. The quantitative estimate of drug-likeness (QED) is 0.347. The van der Waals surface area contributed by atoms with E-state index in [0.29, 0.717) is 48.6 Å². The van der Waals surface area contributed by atoms with Gasteiger partial charge in [0.05, 0.1) is 23.3 Å². The number of carbonyl (C=O) groups excluding carboxylic acids is 2. The standard InChI is InChI=1S/C25H31N3O6S2/c1-5-15-27(16-6-2)36(31,32)19-13-11-18(12-14-19)24(30)26-25-28(17-22(29)33-4)23-20(34-7-3)9-8-10-21(23)35-25/h8-14H,5-7,15-17H2,1-4H3. The van der Waals surface area contributed by atoms with Gasteiger partial charge in [-0.15, -0.1) is 0 Å². The molecule has 3 aromatic rings. The highest BCUT2D eigenvalue weighted by atomic mass is 32.2. The second-order valence-corrected chi connectivity index (χ2v) is 10.9. The zero-order chi connectivity index (χ0) is 26.3. The smallest absolute Gasteiger partial charge is 0.325 e. The van der Waals surface area contributed by atoms with E-state index in [2.05, 4.69) is 4.99 Å². The number of amides is 1. The molecule has 11 heteroatoms. The van der Waals surface area contributed by atoms with Crippen molar-refractivity contribution in [2.24, 2.45) is 4.99 Å². The number of esters is 1. The number of sulfonamides is 1. The van der Waals surface area contributed by atoms with Crippen LogP contribution in [0.3, 0.4) is 0 Å². The van der Waals surface area contributed by atoms with Crippen molar-refractivity contribution in [3.8, 4) is 5.75 Å². The molecule has 0 aliphatic rings. The van der Waals surface area contributed by atoms with E-state index in [4.69, 9.17) is 9.47 Å². The van der Waals surface area contributed by atoms with Crippen molar-refractivity contribution in [1.82, 2.24) is 8.87 Å². The van der Waals surface area contributed by atoms with Gasteiger partial charge in [-0.2, -0.15) is 9.30 Å².